The summed E-state index contributed by atoms with van der Waals surface area (Å²) in [4.78, 5) is -0.0373. The van der Waals surface area contributed by atoms with E-state index in [0.29, 0.717) is 5.02 Å². The second-order valence-corrected chi connectivity index (χ2v) is 4.67. The minimum atomic E-state index is -4.59. The molecule has 0 spiro atoms. The number of alkyl halides is 5. The maximum absolute atomic E-state index is 12.8. The van der Waals surface area contributed by atoms with E-state index >= 15 is 0 Å². The highest BCUT2D eigenvalue weighted by Gasteiger charge is 2.55. The number of rotatable bonds is 3. The molecule has 15 heavy (non-hydrogen) atoms. The summed E-state index contributed by atoms with van der Waals surface area (Å²) >= 11 is 9.47. The van der Waals surface area contributed by atoms with E-state index in [1.54, 1.807) is 0 Å². The van der Waals surface area contributed by atoms with E-state index in [1.165, 1.54) is 24.3 Å². The molecule has 0 unspecified atom stereocenters. The first-order chi connectivity index (χ1) is 6.72. The van der Waals surface area contributed by atoms with Crippen molar-refractivity contribution in [1.82, 2.24) is 0 Å². The molecule has 0 aromatic heterocycles. The van der Waals surface area contributed by atoms with Gasteiger partial charge in [0.1, 0.15) is 0 Å². The third-order valence-electron chi connectivity index (χ3n) is 1.39. The molecular weight excluding hydrogens is 275 g/mol. The molecule has 1 aromatic rings. The van der Waals surface area contributed by atoms with Gasteiger partial charge in [-0.05, 0) is 47.6 Å². The Morgan fingerprint density at radius 2 is 1.47 bits per heavy atom. The number of benzene rings is 1. The highest BCUT2D eigenvalue weighted by atomic mass is 35.5. The van der Waals surface area contributed by atoms with Crippen LogP contribution in [0.5, 0.6) is 0 Å². The minimum Gasteiger partial charge on any atom is -0.185 e. The van der Waals surface area contributed by atoms with Crippen molar-refractivity contribution in [3.8, 4) is 0 Å². The zero-order chi connectivity index (χ0) is 11.7. The van der Waals surface area contributed by atoms with Crippen molar-refractivity contribution >= 4 is 35.0 Å². The Labute approximate surface area is 97.6 Å². The van der Waals surface area contributed by atoms with Crippen LogP contribution in [0.4, 0.5) is 17.6 Å². The number of thioether (sulfide) groups is 1. The van der Waals surface area contributed by atoms with Crippen molar-refractivity contribution in [2.45, 2.75) is 15.5 Å². The Balaban J connectivity index is 2.82. The summed E-state index contributed by atoms with van der Waals surface area (Å²) in [5.41, 5.74) is 0. The molecular formula is C8H4Cl2F4S. The van der Waals surface area contributed by atoms with Crippen LogP contribution in [0.3, 0.4) is 0 Å². The summed E-state index contributed by atoms with van der Waals surface area (Å²) in [7, 11) is 0. The summed E-state index contributed by atoms with van der Waals surface area (Å²) in [5.74, 6) is 0. The Bertz CT molecular complexity index is 333. The lowest BCUT2D eigenvalue weighted by atomic mass is 10.4. The van der Waals surface area contributed by atoms with Crippen LogP contribution in [0.25, 0.3) is 0 Å². The minimum absolute atomic E-state index is 0.0373. The highest BCUT2D eigenvalue weighted by Crippen LogP contribution is 2.48. The van der Waals surface area contributed by atoms with Gasteiger partial charge in [-0.15, -0.1) is 0 Å². The monoisotopic (exact) mass is 278 g/mol. The standard InChI is InChI=1S/C8H4Cl2F4S/c9-5-1-3-6(4-2-5)15-8(13,14)7(10,11)12/h1-4H. The van der Waals surface area contributed by atoms with Crippen LogP contribution in [0.15, 0.2) is 29.2 Å². The maximum atomic E-state index is 12.8. The lowest BCUT2D eigenvalue weighted by Gasteiger charge is -2.19. The van der Waals surface area contributed by atoms with Crippen molar-refractivity contribution in [3.05, 3.63) is 29.3 Å². The molecule has 1 rings (SSSR count). The third kappa shape index (κ3) is 3.43. The van der Waals surface area contributed by atoms with E-state index < -0.39 is 10.6 Å². The van der Waals surface area contributed by atoms with Gasteiger partial charge in [-0.3, -0.25) is 0 Å². The van der Waals surface area contributed by atoms with Gasteiger partial charge in [0.15, 0.2) is 0 Å². The van der Waals surface area contributed by atoms with Crippen molar-refractivity contribution in [2.24, 2.45) is 0 Å². The lowest BCUT2D eigenvalue weighted by molar-refractivity contribution is -0.0897. The van der Waals surface area contributed by atoms with E-state index in [1.807, 2.05) is 0 Å². The average Bonchev–Trinajstić information content (AvgIpc) is 2.06. The first-order valence-corrected chi connectivity index (χ1v) is 5.19. The molecule has 0 fully saturated rings. The zero-order valence-electron chi connectivity index (χ0n) is 6.99. The van der Waals surface area contributed by atoms with Gasteiger partial charge in [0, 0.05) is 9.92 Å². The lowest BCUT2D eigenvalue weighted by Crippen LogP contribution is -2.31. The van der Waals surface area contributed by atoms with E-state index in [-0.39, 0.29) is 16.7 Å². The molecule has 0 aliphatic carbocycles. The van der Waals surface area contributed by atoms with Crippen LogP contribution in [0.2, 0.25) is 5.02 Å². The van der Waals surface area contributed by atoms with Crippen molar-refractivity contribution in [3.63, 3.8) is 0 Å². The summed E-state index contributed by atoms with van der Waals surface area (Å²) in [6, 6.07) is 5.08. The normalized spacial score (nSPS) is 12.9. The van der Waals surface area contributed by atoms with Gasteiger partial charge in [-0.25, -0.2) is 0 Å². The molecule has 0 saturated heterocycles. The molecule has 0 saturated carbocycles. The molecule has 7 heteroatoms. The number of halogens is 6. The molecule has 0 radical (unpaired) electrons. The predicted molar refractivity (Wildman–Crippen MR) is 53.1 cm³/mol. The Hall–Kier alpha value is -0.130. The molecule has 84 valence electrons. The molecule has 0 bridgehead atoms. The fourth-order valence-corrected chi connectivity index (χ4v) is 1.63. The second kappa shape index (κ2) is 4.39. The summed E-state index contributed by atoms with van der Waals surface area (Å²) < 4.78 is 50.0. The average molecular weight is 279 g/mol. The molecule has 0 amide bonds. The van der Waals surface area contributed by atoms with Crippen LogP contribution in [0, 0.1) is 0 Å². The van der Waals surface area contributed by atoms with E-state index in [9.17, 15) is 17.6 Å². The van der Waals surface area contributed by atoms with Crippen molar-refractivity contribution in [1.29, 1.82) is 0 Å². The van der Waals surface area contributed by atoms with Crippen LogP contribution >= 0.6 is 35.0 Å². The SMILES string of the molecule is FC(F)(Cl)C(F)(F)Sc1ccc(Cl)cc1. The Morgan fingerprint density at radius 1 is 1.00 bits per heavy atom. The quantitative estimate of drug-likeness (QED) is 0.432. The Morgan fingerprint density at radius 3 is 1.87 bits per heavy atom. The van der Waals surface area contributed by atoms with Crippen molar-refractivity contribution < 1.29 is 17.6 Å². The second-order valence-electron chi connectivity index (χ2n) is 2.57. The first kappa shape index (κ1) is 12.9. The smallest absolute Gasteiger partial charge is 0.185 e. The molecule has 0 aliphatic heterocycles. The summed E-state index contributed by atoms with van der Waals surface area (Å²) in [5, 5.41) is -8.61. The van der Waals surface area contributed by atoms with Crippen LogP contribution in [-0.2, 0) is 0 Å². The molecule has 0 N–H and O–H groups in total. The zero-order valence-corrected chi connectivity index (χ0v) is 9.31. The van der Waals surface area contributed by atoms with E-state index in [2.05, 4.69) is 11.6 Å². The van der Waals surface area contributed by atoms with E-state index in [4.69, 9.17) is 11.6 Å². The molecule has 0 heterocycles. The van der Waals surface area contributed by atoms with Crippen LogP contribution in [0.1, 0.15) is 0 Å². The number of hydrogen-bond donors (Lipinski definition) is 0. The van der Waals surface area contributed by atoms with Gasteiger partial charge >= 0.3 is 10.6 Å². The largest absolute Gasteiger partial charge is 0.394 e. The number of hydrogen-bond acceptors (Lipinski definition) is 1. The van der Waals surface area contributed by atoms with Gasteiger partial charge < -0.3 is 0 Å². The Kier molecular flexibility index (Phi) is 3.79. The van der Waals surface area contributed by atoms with Gasteiger partial charge in [0.25, 0.3) is 0 Å². The predicted octanol–water partition coefficient (Wildman–Crippen LogP) is 4.86. The fraction of sp³-hybridized carbons (Fsp3) is 0.250. The van der Waals surface area contributed by atoms with Gasteiger partial charge in [0.2, 0.25) is 0 Å². The molecule has 0 aliphatic rings. The van der Waals surface area contributed by atoms with Crippen LogP contribution in [-0.4, -0.2) is 10.6 Å². The molecule has 0 atom stereocenters. The van der Waals surface area contributed by atoms with Gasteiger partial charge in [-0.2, -0.15) is 17.6 Å². The first-order valence-electron chi connectivity index (χ1n) is 3.61. The summed E-state index contributed by atoms with van der Waals surface area (Å²) in [6.07, 6.45) is 0. The molecule has 1 aromatic carbocycles. The molecule has 0 nitrogen and oxygen atoms in total. The van der Waals surface area contributed by atoms with Crippen molar-refractivity contribution in [2.75, 3.05) is 0 Å². The van der Waals surface area contributed by atoms with Crippen LogP contribution < -0.4 is 0 Å². The van der Waals surface area contributed by atoms with E-state index in [0.717, 1.165) is 0 Å². The maximum Gasteiger partial charge on any atom is 0.394 e. The summed E-state index contributed by atoms with van der Waals surface area (Å²) in [6.45, 7) is 0. The third-order valence-corrected chi connectivity index (χ3v) is 3.01. The van der Waals surface area contributed by atoms with Gasteiger partial charge in [0.05, 0.1) is 0 Å². The topological polar surface area (TPSA) is 0 Å². The fourth-order valence-electron chi connectivity index (χ4n) is 0.709. The highest BCUT2D eigenvalue weighted by molar-refractivity contribution is 8.00. The van der Waals surface area contributed by atoms with Gasteiger partial charge in [-0.1, -0.05) is 11.6 Å².